The topological polar surface area (TPSA) is 389 Å². The molecule has 5 aliphatic rings. The Morgan fingerprint density at radius 1 is 0.376 bits per heavy atom. The van der Waals surface area contributed by atoms with E-state index in [4.69, 9.17) is 79.6 Å². The van der Waals surface area contributed by atoms with Gasteiger partial charge < -0.3 is 4.43 Å². The van der Waals surface area contributed by atoms with Crippen LogP contribution >= 0.6 is 16.9 Å². The van der Waals surface area contributed by atoms with Gasteiger partial charge in [-0.1, -0.05) is 130 Å². The molecule has 12 unspecified atom stereocenters. The molecule has 13 rings (SSSR count). The second kappa shape index (κ2) is 50.1. The second-order valence-electron chi connectivity index (χ2n) is 39.6. The van der Waals surface area contributed by atoms with Crippen LogP contribution in [0, 0.1) is 23.7 Å². The molecule has 40 heteroatoms. The number of azide groups is 3. The van der Waals surface area contributed by atoms with Crippen LogP contribution in [-0.4, -0.2) is 239 Å². The molecule has 0 bridgehead atoms. The van der Waals surface area contributed by atoms with E-state index in [1.165, 1.54) is 21.0 Å². The van der Waals surface area contributed by atoms with Gasteiger partial charge in [0.15, 0.2) is 0 Å². The third kappa shape index (κ3) is 25.2. The molecule has 0 aromatic heterocycles. The average Bonchev–Trinajstić information content (AvgIpc) is 0.750. The van der Waals surface area contributed by atoms with E-state index in [0.717, 1.165) is 50.8 Å². The van der Waals surface area contributed by atoms with Gasteiger partial charge in [-0.2, -0.15) is 0 Å². The van der Waals surface area contributed by atoms with Crippen molar-refractivity contribution in [2.75, 3.05) is 40.1 Å². The number of esters is 3. The van der Waals surface area contributed by atoms with Crippen molar-refractivity contribution in [3.63, 3.8) is 0 Å². The van der Waals surface area contributed by atoms with Crippen LogP contribution in [0.5, 0.6) is 0 Å². The Hall–Kier alpha value is -9.09. The van der Waals surface area contributed by atoms with E-state index in [9.17, 15) is 35.6 Å². The van der Waals surface area contributed by atoms with Gasteiger partial charge in [0.05, 0.1) is 6.61 Å². The van der Waals surface area contributed by atoms with Crippen LogP contribution in [0.25, 0.3) is 31.3 Å². The zero-order valence-corrected chi connectivity index (χ0v) is 87.8. The molecule has 141 heavy (non-hydrogen) atoms. The van der Waals surface area contributed by atoms with Gasteiger partial charge in [-0.05, 0) is 39.0 Å². The normalized spacial score (nSPS) is 28.4. The van der Waals surface area contributed by atoms with Gasteiger partial charge in [0, 0.05) is 4.91 Å². The molecule has 5 heterocycles. The monoisotopic (exact) mass is 2010 g/mol. The van der Waals surface area contributed by atoms with Crippen molar-refractivity contribution >= 4 is 119 Å². The van der Waals surface area contributed by atoms with Crippen LogP contribution < -0.4 is 31.1 Å². The van der Waals surface area contributed by atoms with E-state index in [0.29, 0.717) is 0 Å². The van der Waals surface area contributed by atoms with Crippen molar-refractivity contribution in [1.82, 2.24) is 0 Å². The summed E-state index contributed by atoms with van der Waals surface area (Å²) in [6, 6.07) is 74.7. The standard InChI is InChI=1S/C101H129B4N9O22P2Si3/c1-63-77(60-124-139(99(7,8)9,71-45-29-19-30-46-71)72-47-31-20-32-48-72)127-97(83(110-113-107)91(63)137-104-102-118)133-86-65(3)88(132-93(117)70-43-27-18-28-44-70)98(131-78(86)58-121-67(5)115)134-85-64(2)82(109-112-106)96(130-80(85)61-125-140(100(10,11)12,73-49-33-21-34-50-73)74-51-35-22-36-52-74)135-89-79(59-122-68(6)116)128-94(66(4)87(89)123-57-69-41-25-17-26-42-69)136-90-81(129-95(120-16)84(111-114-108)92(90)138-105-103-119)62-126-141(101(13,14)15,75-53-37-23-38-54-75)76-55-39-24-40-56-76/h17-56,63-66,77-92,94-98,104-105,137-138H,57-62H2,1-16H3/t63-,64-,65+,66?,77?,78?,79?,80?,81?,82?,83?,84?,85+,86+,87+,88?,89-,90-,91+,92-,94+,95-,96+,97+,98+/m1/s1. The van der Waals surface area contributed by atoms with Crippen molar-refractivity contribution in [3.05, 3.63) is 285 Å². The summed E-state index contributed by atoms with van der Waals surface area (Å²) in [5.41, 5.74) is 31.9. The third-order valence-electron chi connectivity index (χ3n) is 27.6. The minimum atomic E-state index is -3.63. The second-order valence-corrected chi connectivity index (χ2v) is 55.5. The molecule has 5 fully saturated rings. The fraction of sp³-hybridized carbons (Fsp3) is 0.495. The summed E-state index contributed by atoms with van der Waals surface area (Å²) in [7, 11) is -7.53. The quantitative estimate of drug-likeness (QED) is 0.00652. The van der Waals surface area contributed by atoms with Crippen molar-refractivity contribution < 1.29 is 103 Å². The Kier molecular flexibility index (Phi) is 38.8. The molecular weight excluding hydrogens is 1880 g/mol. The Morgan fingerprint density at radius 2 is 0.702 bits per heavy atom. The maximum atomic E-state index is 15.3. The zero-order valence-electron chi connectivity index (χ0n) is 82.8. The molecule has 0 spiro atoms. The Labute approximate surface area is 834 Å². The first-order chi connectivity index (χ1) is 67.8. The Morgan fingerprint density at radius 3 is 1.12 bits per heavy atom. The first-order valence-electron chi connectivity index (χ1n) is 48.1. The molecule has 8 aromatic carbocycles. The number of hydrogen-bond acceptors (Lipinski definition) is 25. The molecule has 0 amide bonds. The molecule has 0 aliphatic carbocycles. The summed E-state index contributed by atoms with van der Waals surface area (Å²) >= 11 is 0. The fourth-order valence-electron chi connectivity index (χ4n) is 20.8. The number of ether oxygens (including phenoxy) is 14. The summed E-state index contributed by atoms with van der Waals surface area (Å²) in [6.07, 6.45) is -20.6. The minimum absolute atomic E-state index is 0.0242. The van der Waals surface area contributed by atoms with Crippen LogP contribution in [0.4, 0.5) is 0 Å². The van der Waals surface area contributed by atoms with Gasteiger partial charge in [-0.3, -0.25) is 0 Å². The maximum absolute atomic E-state index is 15.3. The van der Waals surface area contributed by atoms with Crippen molar-refractivity contribution in [2.45, 2.75) is 254 Å². The molecule has 0 N–H and O–H groups in total. The molecule has 0 saturated carbocycles. The molecule has 5 aliphatic heterocycles. The fourth-order valence-corrected chi connectivity index (χ4v) is 37.3. The molecule has 27 atom stereocenters. The SMILES string of the molecule is CO[C@@H]1OC(CO[Si](c2ccccc2)(c2ccccc2)C(C)(C)C)[C@@H](O[C@@H]2OC(COC(C)=O)[C@@H](O[C@@H]3OC(CO[Si](c4ccccc4)(c4ccccc4)C(C)(C)C)[C@@H](O[C@@H]4OC(COC(C)=O)[C@@H](O[C@@H]5OC(CO[Si](c6ccccc6)(c6ccccc6)C(C)(C)C)[C@@H](C)[C@H](PBB=O)C5N=[N+]=[N-])[C@H](C)C4OC(=O)c4ccccc4)[C@H](C)C3N=[N+]=[N-])[C@@H](OCc3ccccc3)C2C)[C@H](PBB=O)C1N=[N+]=[N-]. The van der Waals surface area contributed by atoms with Gasteiger partial charge in [-0.15, -0.1) is 0 Å². The number of rotatable bonds is 42. The predicted molar refractivity (Wildman–Crippen MR) is 551 cm³/mol. The van der Waals surface area contributed by atoms with Crippen molar-refractivity contribution in [3.8, 4) is 0 Å². The van der Waals surface area contributed by atoms with Gasteiger partial charge >= 0.3 is 641 Å². The molecule has 5 saturated heterocycles. The van der Waals surface area contributed by atoms with E-state index < -0.39 is 223 Å². The van der Waals surface area contributed by atoms with E-state index in [1.54, 1.807) is 44.2 Å². The molecular formula is C101H129B4N9O22P2Si3. The van der Waals surface area contributed by atoms with Crippen molar-refractivity contribution in [2.24, 2.45) is 39.0 Å². The van der Waals surface area contributed by atoms with Crippen LogP contribution in [-0.2, 0) is 105 Å². The van der Waals surface area contributed by atoms with Crippen LogP contribution in [0.15, 0.2) is 258 Å². The van der Waals surface area contributed by atoms with E-state index in [2.05, 4.69) is 165 Å². The number of carbonyl (C=O) groups is 3. The summed E-state index contributed by atoms with van der Waals surface area (Å²) in [4.78, 5) is 52.6. The number of benzene rings is 8. The van der Waals surface area contributed by atoms with E-state index in [1.807, 2.05) is 153 Å². The zero-order chi connectivity index (χ0) is 101. The summed E-state index contributed by atoms with van der Waals surface area (Å²) in [6.45, 7) is 28.1. The Bertz CT molecular complexity index is 5400. The molecule has 31 nitrogen and oxygen atoms in total. The van der Waals surface area contributed by atoms with Crippen LogP contribution in [0.1, 0.15) is 120 Å². The predicted octanol–water partition coefficient (Wildman–Crippen LogP) is 13.8. The van der Waals surface area contributed by atoms with Gasteiger partial charge in [-0.25, -0.2) is 0 Å². The van der Waals surface area contributed by atoms with Gasteiger partial charge in [0.25, 0.3) is 8.32 Å². The van der Waals surface area contributed by atoms with Crippen molar-refractivity contribution in [1.29, 1.82) is 0 Å². The summed E-state index contributed by atoms with van der Waals surface area (Å²) in [5.74, 6) is -5.53. The molecule has 8 aromatic rings. The first-order valence-corrected chi connectivity index (χ1v) is 56.4. The van der Waals surface area contributed by atoms with Crippen LogP contribution in [0.2, 0.25) is 15.1 Å². The Balaban J connectivity index is 0.915. The molecule has 744 valence electrons. The number of hydrogen-bond donors (Lipinski definition) is 0. The number of methoxy groups -OCH3 is 1. The first kappa shape index (κ1) is 109. The number of carbonyl (C=O) groups excluding carboxylic acids is 3. The average molecular weight is 2010 g/mol. The van der Waals surface area contributed by atoms with E-state index >= 15 is 4.79 Å². The molecule has 0 radical (unpaired) electrons. The van der Waals surface area contributed by atoms with Gasteiger partial charge in [0.1, 0.15) is 6.10 Å². The van der Waals surface area contributed by atoms with Gasteiger partial charge in [0.2, 0.25) is 0 Å². The van der Waals surface area contributed by atoms with Crippen LogP contribution in [0.3, 0.4) is 0 Å². The number of nitrogens with zero attached hydrogens (tertiary/aromatic N) is 9. The summed E-state index contributed by atoms with van der Waals surface area (Å²) < 4.78 is 148. The summed E-state index contributed by atoms with van der Waals surface area (Å²) in [5, 5.41) is 17.5. The van der Waals surface area contributed by atoms with E-state index in [-0.39, 0.29) is 62.7 Å². The third-order valence-corrected chi connectivity index (χ3v) is 45.9.